The molecule has 0 saturated carbocycles. The lowest BCUT2D eigenvalue weighted by molar-refractivity contribution is -0.0512. The highest BCUT2D eigenvalue weighted by Crippen LogP contribution is 2.29. The number of rotatable bonds is 8. The Morgan fingerprint density at radius 1 is 1.32 bits per heavy atom. The first-order chi connectivity index (χ1) is 9.10. The molecule has 0 unspecified atom stereocenters. The molecule has 0 fully saturated rings. The van der Waals surface area contributed by atoms with Crippen LogP contribution in [0.1, 0.15) is 12.5 Å². The third-order valence-corrected chi connectivity index (χ3v) is 2.71. The first kappa shape index (κ1) is 15.7. The van der Waals surface area contributed by atoms with E-state index in [1.807, 2.05) is 11.8 Å². The van der Waals surface area contributed by atoms with Crippen LogP contribution in [0.25, 0.3) is 0 Å². The normalized spacial score (nSPS) is 11.1. The summed E-state index contributed by atoms with van der Waals surface area (Å²) < 4.78 is 33.8. The van der Waals surface area contributed by atoms with Gasteiger partial charge >= 0.3 is 6.61 Å². The summed E-state index contributed by atoms with van der Waals surface area (Å²) in [6, 6.07) is 4.84. The van der Waals surface area contributed by atoms with Gasteiger partial charge in [-0.05, 0) is 24.2 Å². The van der Waals surface area contributed by atoms with Gasteiger partial charge in [0.2, 0.25) is 0 Å². The fraction of sp³-hybridized carbons (Fsp3) is 0.538. The van der Waals surface area contributed by atoms with E-state index in [1.54, 1.807) is 12.1 Å². The topological polar surface area (TPSA) is 41.9 Å². The van der Waals surface area contributed by atoms with Gasteiger partial charge in [0.15, 0.2) is 11.5 Å². The standard InChI is InChI=1S/C13H19F2NO3/c1-3-16(6-7-17)9-10-4-5-11(19-13(14)15)12(8-10)18-2/h4-5,8,13,17H,3,6-7,9H2,1-2H3. The maximum absolute atomic E-state index is 12.2. The lowest BCUT2D eigenvalue weighted by atomic mass is 10.2. The second-order valence-electron chi connectivity index (χ2n) is 3.96. The number of ether oxygens (including phenoxy) is 2. The minimum absolute atomic E-state index is 0.0199. The molecule has 1 aromatic rings. The predicted molar refractivity (Wildman–Crippen MR) is 67.7 cm³/mol. The van der Waals surface area contributed by atoms with E-state index >= 15 is 0 Å². The molecule has 0 spiro atoms. The van der Waals surface area contributed by atoms with Gasteiger partial charge in [0.1, 0.15) is 0 Å². The summed E-state index contributed by atoms with van der Waals surface area (Å²) in [5, 5.41) is 8.92. The van der Waals surface area contributed by atoms with Crippen molar-refractivity contribution >= 4 is 0 Å². The third kappa shape index (κ3) is 5.00. The van der Waals surface area contributed by atoms with Gasteiger partial charge in [-0.2, -0.15) is 8.78 Å². The quantitative estimate of drug-likeness (QED) is 0.789. The minimum Gasteiger partial charge on any atom is -0.493 e. The summed E-state index contributed by atoms with van der Waals surface area (Å²) in [6.07, 6.45) is 0. The number of nitrogens with zero attached hydrogens (tertiary/aromatic N) is 1. The number of halogens is 2. The van der Waals surface area contributed by atoms with E-state index in [2.05, 4.69) is 4.74 Å². The van der Waals surface area contributed by atoms with Crippen LogP contribution in [0.4, 0.5) is 8.78 Å². The van der Waals surface area contributed by atoms with Gasteiger partial charge in [-0.15, -0.1) is 0 Å². The minimum atomic E-state index is -2.87. The Kier molecular flexibility index (Phi) is 6.52. The zero-order chi connectivity index (χ0) is 14.3. The van der Waals surface area contributed by atoms with Crippen LogP contribution in [0.15, 0.2) is 18.2 Å². The third-order valence-electron chi connectivity index (χ3n) is 2.71. The predicted octanol–water partition coefficient (Wildman–Crippen LogP) is 2.11. The van der Waals surface area contributed by atoms with E-state index in [9.17, 15) is 8.78 Å². The molecule has 0 heterocycles. The molecule has 19 heavy (non-hydrogen) atoms. The number of methoxy groups -OCH3 is 1. The molecule has 0 aliphatic carbocycles. The Labute approximate surface area is 111 Å². The Balaban J connectivity index is 2.80. The van der Waals surface area contributed by atoms with E-state index in [0.29, 0.717) is 13.1 Å². The molecule has 0 atom stereocenters. The van der Waals surface area contributed by atoms with Gasteiger partial charge in [-0.1, -0.05) is 13.0 Å². The number of alkyl halides is 2. The molecule has 0 amide bonds. The maximum Gasteiger partial charge on any atom is 0.387 e. The average Bonchev–Trinajstić information content (AvgIpc) is 2.39. The molecule has 6 heteroatoms. The Morgan fingerprint density at radius 3 is 2.58 bits per heavy atom. The monoisotopic (exact) mass is 275 g/mol. The van der Waals surface area contributed by atoms with Crippen molar-refractivity contribution in [1.82, 2.24) is 4.90 Å². The summed E-state index contributed by atoms with van der Waals surface area (Å²) in [5.74, 6) is 0.296. The molecular weight excluding hydrogens is 256 g/mol. The van der Waals surface area contributed by atoms with Gasteiger partial charge in [0.25, 0.3) is 0 Å². The lowest BCUT2D eigenvalue weighted by Gasteiger charge is -2.20. The number of hydrogen-bond acceptors (Lipinski definition) is 4. The van der Waals surface area contributed by atoms with Gasteiger partial charge in [-0.3, -0.25) is 4.90 Å². The van der Waals surface area contributed by atoms with Crippen LogP contribution < -0.4 is 9.47 Å². The molecule has 0 aliphatic heterocycles. The van der Waals surface area contributed by atoms with Crippen LogP contribution in [-0.2, 0) is 6.54 Å². The van der Waals surface area contributed by atoms with Crippen LogP contribution >= 0.6 is 0 Å². The summed E-state index contributed by atoms with van der Waals surface area (Å²) in [7, 11) is 1.41. The molecule has 0 bridgehead atoms. The number of benzene rings is 1. The zero-order valence-corrected chi connectivity index (χ0v) is 11.1. The summed E-state index contributed by atoms with van der Waals surface area (Å²) in [4.78, 5) is 2.03. The lowest BCUT2D eigenvalue weighted by Crippen LogP contribution is -2.26. The van der Waals surface area contributed by atoms with Crippen molar-refractivity contribution in [1.29, 1.82) is 0 Å². The highest BCUT2D eigenvalue weighted by molar-refractivity contribution is 5.43. The maximum atomic E-state index is 12.2. The fourth-order valence-corrected chi connectivity index (χ4v) is 1.75. The van der Waals surface area contributed by atoms with Gasteiger partial charge < -0.3 is 14.6 Å². The molecule has 0 radical (unpaired) electrons. The smallest absolute Gasteiger partial charge is 0.387 e. The first-order valence-corrected chi connectivity index (χ1v) is 6.05. The Morgan fingerprint density at radius 2 is 2.05 bits per heavy atom. The number of aliphatic hydroxyl groups excluding tert-OH is 1. The number of hydrogen-bond donors (Lipinski definition) is 1. The molecule has 4 nitrogen and oxygen atoms in total. The second-order valence-corrected chi connectivity index (χ2v) is 3.96. The molecule has 0 aliphatic rings. The molecule has 0 aromatic heterocycles. The van der Waals surface area contributed by atoms with Crippen LogP contribution in [0.5, 0.6) is 11.5 Å². The molecular formula is C13H19F2NO3. The highest BCUT2D eigenvalue weighted by Gasteiger charge is 2.12. The molecule has 1 aromatic carbocycles. The van der Waals surface area contributed by atoms with Crippen LogP contribution in [0.3, 0.4) is 0 Å². The fourth-order valence-electron chi connectivity index (χ4n) is 1.75. The van der Waals surface area contributed by atoms with Crippen molar-refractivity contribution in [2.45, 2.75) is 20.1 Å². The van der Waals surface area contributed by atoms with Crippen molar-refractivity contribution in [2.75, 3.05) is 26.8 Å². The summed E-state index contributed by atoms with van der Waals surface area (Å²) >= 11 is 0. The van der Waals surface area contributed by atoms with Crippen molar-refractivity contribution in [3.8, 4) is 11.5 Å². The van der Waals surface area contributed by atoms with Gasteiger partial charge in [-0.25, -0.2) is 0 Å². The second kappa shape index (κ2) is 7.91. The van der Waals surface area contributed by atoms with Crippen LogP contribution in [0.2, 0.25) is 0 Å². The molecule has 0 saturated heterocycles. The zero-order valence-electron chi connectivity index (χ0n) is 11.1. The van der Waals surface area contributed by atoms with E-state index < -0.39 is 6.61 Å². The summed E-state index contributed by atoms with van der Waals surface area (Å²) in [5.41, 5.74) is 0.911. The van der Waals surface area contributed by atoms with Gasteiger partial charge in [0.05, 0.1) is 13.7 Å². The number of likely N-dealkylation sites (N-methyl/N-ethyl adjacent to an activating group) is 1. The van der Waals surface area contributed by atoms with E-state index in [1.165, 1.54) is 13.2 Å². The van der Waals surface area contributed by atoms with Crippen molar-refractivity contribution in [3.05, 3.63) is 23.8 Å². The van der Waals surface area contributed by atoms with Crippen LogP contribution in [-0.4, -0.2) is 43.4 Å². The largest absolute Gasteiger partial charge is 0.493 e. The number of aliphatic hydroxyl groups is 1. The highest BCUT2D eigenvalue weighted by atomic mass is 19.3. The van der Waals surface area contributed by atoms with E-state index in [4.69, 9.17) is 9.84 Å². The van der Waals surface area contributed by atoms with E-state index in [-0.39, 0.29) is 18.1 Å². The van der Waals surface area contributed by atoms with Crippen LogP contribution in [0, 0.1) is 0 Å². The van der Waals surface area contributed by atoms with Crippen molar-refractivity contribution in [2.24, 2.45) is 0 Å². The van der Waals surface area contributed by atoms with Crippen molar-refractivity contribution in [3.63, 3.8) is 0 Å². The first-order valence-electron chi connectivity index (χ1n) is 6.05. The average molecular weight is 275 g/mol. The molecule has 108 valence electrons. The summed E-state index contributed by atoms with van der Waals surface area (Å²) in [6.45, 7) is 1.16. The van der Waals surface area contributed by atoms with E-state index in [0.717, 1.165) is 12.1 Å². The van der Waals surface area contributed by atoms with Gasteiger partial charge in [0, 0.05) is 13.1 Å². The Hall–Kier alpha value is -1.40. The molecule has 1 N–H and O–H groups in total. The SMILES string of the molecule is CCN(CCO)Cc1ccc(OC(F)F)c(OC)c1. The molecule has 1 rings (SSSR count). The Bertz CT molecular complexity index is 388. The van der Waals surface area contributed by atoms with Crippen molar-refractivity contribution < 1.29 is 23.4 Å².